The first kappa shape index (κ1) is 15.0. The lowest BCUT2D eigenvalue weighted by molar-refractivity contribution is 0.0515. The third-order valence-corrected chi connectivity index (χ3v) is 2.78. The van der Waals surface area contributed by atoms with Crippen LogP contribution in [0.4, 0.5) is 17.6 Å². The second-order valence-corrected chi connectivity index (χ2v) is 4.14. The highest BCUT2D eigenvalue weighted by Gasteiger charge is 2.21. The van der Waals surface area contributed by atoms with Crippen LogP contribution in [0.5, 0.6) is 0 Å². The molecule has 2 aromatic rings. The Hall–Kier alpha value is -2.37. The molecule has 0 saturated carbocycles. The van der Waals surface area contributed by atoms with Crippen molar-refractivity contribution in [3.05, 3.63) is 59.2 Å². The van der Waals surface area contributed by atoms with E-state index in [9.17, 15) is 22.4 Å². The molecule has 6 heteroatoms. The smallest absolute Gasteiger partial charge is 0.344 e. The molecule has 0 spiro atoms. The first-order chi connectivity index (χ1) is 9.95. The Morgan fingerprint density at radius 3 is 2.24 bits per heavy atom. The Morgan fingerprint density at radius 1 is 1.05 bits per heavy atom. The van der Waals surface area contributed by atoms with Gasteiger partial charge in [-0.1, -0.05) is 12.1 Å². The third kappa shape index (κ3) is 2.89. The van der Waals surface area contributed by atoms with Gasteiger partial charge in [0.25, 0.3) is 0 Å². The molecule has 110 valence electrons. The van der Waals surface area contributed by atoms with E-state index in [4.69, 9.17) is 0 Å². The summed E-state index contributed by atoms with van der Waals surface area (Å²) in [6.07, 6.45) is 0. The third-order valence-electron chi connectivity index (χ3n) is 2.78. The second kappa shape index (κ2) is 5.95. The van der Waals surface area contributed by atoms with Crippen molar-refractivity contribution in [2.24, 2.45) is 0 Å². The Bertz CT molecular complexity index is 675. The molecule has 0 bridgehead atoms. The van der Waals surface area contributed by atoms with Crippen molar-refractivity contribution in [3.63, 3.8) is 0 Å². The molecule has 0 amide bonds. The summed E-state index contributed by atoms with van der Waals surface area (Å²) in [5.74, 6) is -5.92. The predicted molar refractivity (Wildman–Crippen MR) is 67.7 cm³/mol. The van der Waals surface area contributed by atoms with Crippen LogP contribution in [0.25, 0.3) is 11.1 Å². The summed E-state index contributed by atoms with van der Waals surface area (Å²) in [6, 6.07) is 4.79. The maximum Gasteiger partial charge on any atom is 0.344 e. The van der Waals surface area contributed by atoms with Crippen molar-refractivity contribution < 1.29 is 27.1 Å². The van der Waals surface area contributed by atoms with E-state index in [1.54, 1.807) is 0 Å². The number of ether oxygens (including phenoxy) is 1. The zero-order chi connectivity index (χ0) is 15.6. The average molecular weight is 298 g/mol. The Labute approximate surface area is 118 Å². The topological polar surface area (TPSA) is 26.3 Å². The Balaban J connectivity index is 2.54. The van der Waals surface area contributed by atoms with Crippen LogP contribution in [0.2, 0.25) is 0 Å². The minimum Gasteiger partial charge on any atom is -0.462 e. The number of carbonyl (C=O) groups is 1. The second-order valence-electron chi connectivity index (χ2n) is 4.14. The molecule has 2 nitrogen and oxygen atoms in total. The molecule has 0 N–H and O–H groups in total. The molecule has 2 rings (SSSR count). The maximum absolute atomic E-state index is 13.8. The molecule has 0 aliphatic heterocycles. The molecule has 21 heavy (non-hydrogen) atoms. The highest BCUT2D eigenvalue weighted by Crippen LogP contribution is 2.28. The molecule has 0 radical (unpaired) electrons. The number of rotatable bonds is 3. The van der Waals surface area contributed by atoms with Crippen molar-refractivity contribution in [1.82, 2.24) is 0 Å². The molecule has 0 heterocycles. The number of halogens is 4. The summed E-state index contributed by atoms with van der Waals surface area (Å²) in [6.45, 7) is 1.45. The summed E-state index contributed by atoms with van der Waals surface area (Å²) in [4.78, 5) is 11.4. The lowest BCUT2D eigenvalue weighted by Gasteiger charge is -2.09. The van der Waals surface area contributed by atoms with E-state index < -0.39 is 34.8 Å². The van der Waals surface area contributed by atoms with E-state index in [1.165, 1.54) is 19.1 Å². The summed E-state index contributed by atoms with van der Waals surface area (Å²) in [7, 11) is 0. The molecule has 0 unspecified atom stereocenters. The molecule has 2 aromatic carbocycles. The average Bonchev–Trinajstić information content (AvgIpc) is 2.41. The molecule has 0 aromatic heterocycles. The zero-order valence-electron chi connectivity index (χ0n) is 10.9. The lowest BCUT2D eigenvalue weighted by Crippen LogP contribution is -2.10. The van der Waals surface area contributed by atoms with Crippen molar-refractivity contribution in [3.8, 4) is 11.1 Å². The molecular weight excluding hydrogens is 288 g/mol. The van der Waals surface area contributed by atoms with Crippen LogP contribution in [0.15, 0.2) is 30.3 Å². The first-order valence-electron chi connectivity index (χ1n) is 6.06. The summed E-state index contributed by atoms with van der Waals surface area (Å²) in [5.41, 5.74) is -1.38. The molecule has 0 atom stereocenters. The highest BCUT2D eigenvalue weighted by atomic mass is 19.2. The SMILES string of the molecule is CCOC(=O)c1c(F)cc(-c2cccc(F)c2F)cc1F. The van der Waals surface area contributed by atoms with Crippen LogP contribution in [-0.4, -0.2) is 12.6 Å². The van der Waals surface area contributed by atoms with Crippen molar-refractivity contribution in [2.75, 3.05) is 6.61 Å². The van der Waals surface area contributed by atoms with Gasteiger partial charge in [0, 0.05) is 5.56 Å². The van der Waals surface area contributed by atoms with Crippen LogP contribution in [0.1, 0.15) is 17.3 Å². The van der Waals surface area contributed by atoms with E-state index >= 15 is 0 Å². The largest absolute Gasteiger partial charge is 0.462 e. The van der Waals surface area contributed by atoms with Crippen LogP contribution in [0, 0.1) is 23.3 Å². The van der Waals surface area contributed by atoms with E-state index in [-0.39, 0.29) is 17.7 Å². The van der Waals surface area contributed by atoms with Gasteiger partial charge in [0.2, 0.25) is 0 Å². The van der Waals surface area contributed by atoms with Crippen LogP contribution in [-0.2, 0) is 4.74 Å². The fourth-order valence-corrected chi connectivity index (χ4v) is 1.85. The minimum absolute atomic E-state index is 0.0437. The summed E-state index contributed by atoms with van der Waals surface area (Å²) >= 11 is 0. The lowest BCUT2D eigenvalue weighted by atomic mass is 10.0. The minimum atomic E-state index is -1.22. The van der Waals surface area contributed by atoms with Crippen LogP contribution in [0.3, 0.4) is 0 Å². The van der Waals surface area contributed by atoms with Gasteiger partial charge in [-0.2, -0.15) is 0 Å². The number of hydrogen-bond donors (Lipinski definition) is 0. The predicted octanol–water partition coefficient (Wildman–Crippen LogP) is 4.09. The van der Waals surface area contributed by atoms with Gasteiger partial charge in [-0.25, -0.2) is 22.4 Å². The molecule has 0 aliphatic carbocycles. The van der Waals surface area contributed by atoms with Gasteiger partial charge in [-0.3, -0.25) is 0 Å². The van der Waals surface area contributed by atoms with Gasteiger partial charge in [0.05, 0.1) is 6.61 Å². The normalized spacial score (nSPS) is 10.5. The summed E-state index contributed by atoms with van der Waals surface area (Å²) < 4.78 is 59.0. The van der Waals surface area contributed by atoms with Crippen molar-refractivity contribution in [1.29, 1.82) is 0 Å². The first-order valence-corrected chi connectivity index (χ1v) is 6.06. The number of esters is 1. The fourth-order valence-electron chi connectivity index (χ4n) is 1.85. The van der Waals surface area contributed by atoms with Gasteiger partial charge in [0.15, 0.2) is 11.6 Å². The van der Waals surface area contributed by atoms with Gasteiger partial charge in [-0.05, 0) is 30.7 Å². The molecule has 0 saturated heterocycles. The van der Waals surface area contributed by atoms with E-state index in [1.807, 2.05) is 0 Å². The fraction of sp³-hybridized carbons (Fsp3) is 0.133. The quantitative estimate of drug-likeness (QED) is 0.630. The number of benzene rings is 2. The zero-order valence-corrected chi connectivity index (χ0v) is 10.9. The van der Waals surface area contributed by atoms with Gasteiger partial charge in [0.1, 0.15) is 17.2 Å². The number of carbonyl (C=O) groups excluding carboxylic acids is 1. The highest BCUT2D eigenvalue weighted by molar-refractivity contribution is 5.90. The van der Waals surface area contributed by atoms with Gasteiger partial charge in [-0.15, -0.1) is 0 Å². The van der Waals surface area contributed by atoms with Crippen molar-refractivity contribution in [2.45, 2.75) is 6.92 Å². The van der Waals surface area contributed by atoms with Gasteiger partial charge >= 0.3 is 5.97 Å². The number of hydrogen-bond acceptors (Lipinski definition) is 2. The standard InChI is InChI=1S/C15H10F4O2/c1-2-21-15(20)13-11(17)6-8(7-12(13)18)9-4-3-5-10(16)14(9)19/h3-7H,2H2,1H3. The Morgan fingerprint density at radius 2 is 1.67 bits per heavy atom. The van der Waals surface area contributed by atoms with Gasteiger partial charge < -0.3 is 4.74 Å². The van der Waals surface area contributed by atoms with E-state index in [0.717, 1.165) is 18.2 Å². The Kier molecular flexibility index (Phi) is 4.26. The monoisotopic (exact) mass is 298 g/mol. The molecule has 0 fully saturated rings. The maximum atomic E-state index is 13.8. The van der Waals surface area contributed by atoms with Crippen LogP contribution < -0.4 is 0 Å². The van der Waals surface area contributed by atoms with Crippen LogP contribution >= 0.6 is 0 Å². The summed E-state index contributed by atoms with van der Waals surface area (Å²) in [5, 5.41) is 0. The van der Waals surface area contributed by atoms with E-state index in [2.05, 4.69) is 4.74 Å². The van der Waals surface area contributed by atoms with Crippen molar-refractivity contribution >= 4 is 5.97 Å². The molecule has 0 aliphatic rings. The molecular formula is C15H10F4O2. The van der Waals surface area contributed by atoms with E-state index in [0.29, 0.717) is 0 Å².